The molecule has 0 aliphatic carbocycles. The van der Waals surface area contributed by atoms with E-state index in [2.05, 4.69) is 21.2 Å². The van der Waals surface area contributed by atoms with Gasteiger partial charge in [-0.15, -0.1) is 0 Å². The van der Waals surface area contributed by atoms with Crippen molar-refractivity contribution in [3.63, 3.8) is 0 Å². The SMILES string of the molecule is COc1ccc(Br)cc1C=CC(=O)Nc1cccc(S(=O)(=O)N2CCCC2)c1. The van der Waals surface area contributed by atoms with Gasteiger partial charge in [0.25, 0.3) is 0 Å². The quantitative estimate of drug-likeness (QED) is 0.657. The van der Waals surface area contributed by atoms with Crippen molar-refractivity contribution in [1.82, 2.24) is 4.31 Å². The first kappa shape index (κ1) is 20.6. The Morgan fingerprint density at radius 1 is 1.18 bits per heavy atom. The molecule has 28 heavy (non-hydrogen) atoms. The Bertz CT molecular complexity index is 999. The number of benzene rings is 2. The van der Waals surface area contributed by atoms with E-state index in [1.807, 2.05) is 12.1 Å². The molecule has 2 aromatic carbocycles. The lowest BCUT2D eigenvalue weighted by Crippen LogP contribution is -2.27. The van der Waals surface area contributed by atoms with Gasteiger partial charge in [0.05, 0.1) is 12.0 Å². The molecule has 148 valence electrons. The second kappa shape index (κ2) is 8.89. The summed E-state index contributed by atoms with van der Waals surface area (Å²) in [4.78, 5) is 12.5. The summed E-state index contributed by atoms with van der Waals surface area (Å²) in [5.74, 6) is 0.281. The first-order valence-electron chi connectivity index (χ1n) is 8.83. The normalized spacial score (nSPS) is 15.1. The Kier molecular flexibility index (Phi) is 6.53. The maximum atomic E-state index is 12.7. The second-order valence-corrected chi connectivity index (χ2v) is 9.20. The standard InChI is InChI=1S/C20H21BrN2O4S/c1-27-19-9-8-16(21)13-15(19)7-10-20(24)22-17-5-4-6-18(14-17)28(25,26)23-11-2-3-12-23/h4-10,13-14H,2-3,11-12H2,1H3,(H,22,24). The van der Waals surface area contributed by atoms with E-state index >= 15 is 0 Å². The van der Waals surface area contributed by atoms with E-state index in [9.17, 15) is 13.2 Å². The third kappa shape index (κ3) is 4.81. The maximum Gasteiger partial charge on any atom is 0.248 e. The van der Waals surface area contributed by atoms with Gasteiger partial charge in [-0.3, -0.25) is 4.79 Å². The number of anilines is 1. The number of carbonyl (C=O) groups is 1. The molecule has 1 saturated heterocycles. The van der Waals surface area contributed by atoms with Gasteiger partial charge in [-0.2, -0.15) is 4.31 Å². The van der Waals surface area contributed by atoms with Crippen LogP contribution in [-0.2, 0) is 14.8 Å². The topological polar surface area (TPSA) is 75.7 Å². The minimum Gasteiger partial charge on any atom is -0.496 e. The molecular formula is C20H21BrN2O4S. The van der Waals surface area contributed by atoms with Crippen LogP contribution in [0.2, 0.25) is 0 Å². The van der Waals surface area contributed by atoms with E-state index in [0.29, 0.717) is 24.5 Å². The Labute approximate surface area is 173 Å². The number of carbonyl (C=O) groups excluding carboxylic acids is 1. The molecule has 0 saturated carbocycles. The summed E-state index contributed by atoms with van der Waals surface area (Å²) in [5.41, 5.74) is 1.17. The Morgan fingerprint density at radius 2 is 1.93 bits per heavy atom. The molecule has 0 aromatic heterocycles. The van der Waals surface area contributed by atoms with E-state index < -0.39 is 10.0 Å². The van der Waals surface area contributed by atoms with Crippen molar-refractivity contribution in [2.75, 3.05) is 25.5 Å². The van der Waals surface area contributed by atoms with Gasteiger partial charge in [0.1, 0.15) is 5.75 Å². The number of ether oxygens (including phenoxy) is 1. The fraction of sp³-hybridized carbons (Fsp3) is 0.250. The number of nitrogens with zero attached hydrogens (tertiary/aromatic N) is 1. The molecule has 1 fully saturated rings. The van der Waals surface area contributed by atoms with E-state index in [1.165, 1.54) is 16.4 Å². The van der Waals surface area contributed by atoms with Gasteiger partial charge >= 0.3 is 0 Å². The molecule has 1 N–H and O–H groups in total. The van der Waals surface area contributed by atoms with Crippen LogP contribution >= 0.6 is 15.9 Å². The molecule has 2 aromatic rings. The lowest BCUT2D eigenvalue weighted by molar-refractivity contribution is -0.111. The number of rotatable bonds is 6. The molecule has 3 rings (SSSR count). The Morgan fingerprint density at radius 3 is 2.64 bits per heavy atom. The summed E-state index contributed by atoms with van der Waals surface area (Å²) in [7, 11) is -1.96. The van der Waals surface area contributed by atoms with Gasteiger partial charge < -0.3 is 10.1 Å². The van der Waals surface area contributed by atoms with Crippen LogP contribution in [0.5, 0.6) is 5.75 Å². The van der Waals surface area contributed by atoms with Gasteiger partial charge in [-0.1, -0.05) is 22.0 Å². The summed E-state index contributed by atoms with van der Waals surface area (Å²) in [5, 5.41) is 2.71. The zero-order valence-electron chi connectivity index (χ0n) is 15.4. The van der Waals surface area contributed by atoms with Crippen LogP contribution in [0.1, 0.15) is 18.4 Å². The minimum atomic E-state index is -3.52. The molecular weight excluding hydrogens is 444 g/mol. The molecule has 8 heteroatoms. The predicted octanol–water partition coefficient (Wildman–Crippen LogP) is 3.89. The third-order valence-corrected chi connectivity index (χ3v) is 6.80. The van der Waals surface area contributed by atoms with Gasteiger partial charge in [-0.25, -0.2) is 8.42 Å². The third-order valence-electron chi connectivity index (χ3n) is 4.41. The highest BCUT2D eigenvalue weighted by Gasteiger charge is 2.27. The summed E-state index contributed by atoms with van der Waals surface area (Å²) < 4.78 is 33.0. The number of nitrogens with one attached hydrogen (secondary N) is 1. The number of methoxy groups -OCH3 is 1. The number of hydrogen-bond acceptors (Lipinski definition) is 4. The van der Waals surface area contributed by atoms with Crippen molar-refractivity contribution >= 4 is 43.6 Å². The maximum absolute atomic E-state index is 12.7. The van der Waals surface area contributed by atoms with Crippen LogP contribution in [0.25, 0.3) is 6.08 Å². The summed E-state index contributed by atoms with van der Waals surface area (Å²) in [6.45, 7) is 1.08. The van der Waals surface area contributed by atoms with Crippen molar-refractivity contribution in [2.24, 2.45) is 0 Å². The lowest BCUT2D eigenvalue weighted by Gasteiger charge is -2.16. The molecule has 0 spiro atoms. The van der Waals surface area contributed by atoms with Crippen LogP contribution in [0.15, 0.2) is 57.9 Å². The predicted molar refractivity (Wildman–Crippen MR) is 113 cm³/mol. The first-order valence-corrected chi connectivity index (χ1v) is 11.1. The molecule has 6 nitrogen and oxygen atoms in total. The van der Waals surface area contributed by atoms with Crippen LogP contribution in [0.4, 0.5) is 5.69 Å². The average molecular weight is 465 g/mol. The fourth-order valence-corrected chi connectivity index (χ4v) is 4.94. The van der Waals surface area contributed by atoms with Crippen molar-refractivity contribution < 1.29 is 17.9 Å². The van der Waals surface area contributed by atoms with E-state index in [-0.39, 0.29) is 10.8 Å². The van der Waals surface area contributed by atoms with Crippen molar-refractivity contribution in [3.05, 3.63) is 58.6 Å². The molecule has 0 bridgehead atoms. The molecule has 0 radical (unpaired) electrons. The molecule has 1 aliphatic heterocycles. The largest absolute Gasteiger partial charge is 0.496 e. The van der Waals surface area contributed by atoms with Crippen LogP contribution in [0.3, 0.4) is 0 Å². The van der Waals surface area contributed by atoms with Crippen molar-refractivity contribution in [1.29, 1.82) is 0 Å². The van der Waals surface area contributed by atoms with Gasteiger partial charge in [0.15, 0.2) is 0 Å². The fourth-order valence-electron chi connectivity index (χ4n) is 3.00. The number of sulfonamides is 1. The van der Waals surface area contributed by atoms with Gasteiger partial charge in [0.2, 0.25) is 15.9 Å². The van der Waals surface area contributed by atoms with E-state index in [4.69, 9.17) is 4.74 Å². The van der Waals surface area contributed by atoms with Crippen molar-refractivity contribution in [2.45, 2.75) is 17.7 Å². The van der Waals surface area contributed by atoms with Gasteiger partial charge in [0, 0.05) is 34.9 Å². The zero-order chi connectivity index (χ0) is 20.1. The highest BCUT2D eigenvalue weighted by atomic mass is 79.9. The summed E-state index contributed by atoms with van der Waals surface area (Å²) in [6, 6.07) is 11.8. The smallest absolute Gasteiger partial charge is 0.248 e. The number of halogens is 1. The highest BCUT2D eigenvalue weighted by molar-refractivity contribution is 9.10. The number of hydrogen-bond donors (Lipinski definition) is 1. The van der Waals surface area contributed by atoms with E-state index in [0.717, 1.165) is 22.9 Å². The molecule has 1 heterocycles. The van der Waals surface area contributed by atoms with E-state index in [1.54, 1.807) is 37.5 Å². The van der Waals surface area contributed by atoms with Crippen LogP contribution in [0, 0.1) is 0 Å². The molecule has 1 amide bonds. The van der Waals surface area contributed by atoms with Crippen LogP contribution < -0.4 is 10.1 Å². The van der Waals surface area contributed by atoms with Crippen molar-refractivity contribution in [3.8, 4) is 5.75 Å². The molecule has 1 aliphatic rings. The Hall–Kier alpha value is -2.16. The minimum absolute atomic E-state index is 0.185. The molecule has 0 unspecified atom stereocenters. The second-order valence-electron chi connectivity index (χ2n) is 6.35. The average Bonchev–Trinajstić information content (AvgIpc) is 3.22. The summed E-state index contributed by atoms with van der Waals surface area (Å²) >= 11 is 3.39. The zero-order valence-corrected chi connectivity index (χ0v) is 17.8. The van der Waals surface area contributed by atoms with Crippen LogP contribution in [-0.4, -0.2) is 38.8 Å². The number of amides is 1. The Balaban J connectivity index is 1.74. The highest BCUT2D eigenvalue weighted by Crippen LogP contribution is 2.25. The lowest BCUT2D eigenvalue weighted by atomic mass is 10.2. The molecule has 0 atom stereocenters. The summed E-state index contributed by atoms with van der Waals surface area (Å²) in [6.07, 6.45) is 4.77. The first-order chi connectivity index (χ1) is 13.4. The van der Waals surface area contributed by atoms with Gasteiger partial charge in [-0.05, 0) is 55.3 Å². The monoisotopic (exact) mass is 464 g/mol.